The summed E-state index contributed by atoms with van der Waals surface area (Å²) in [6, 6.07) is 9.42. The summed E-state index contributed by atoms with van der Waals surface area (Å²) >= 11 is 5.74. The second kappa shape index (κ2) is 7.05. The van der Waals surface area contributed by atoms with Crippen molar-refractivity contribution in [3.63, 3.8) is 0 Å². The smallest absolute Gasteiger partial charge is 0.266 e. The van der Waals surface area contributed by atoms with Crippen LogP contribution in [0.3, 0.4) is 0 Å². The number of pyridine rings is 1. The normalized spacial score (nSPS) is 13.0. The number of nitrogens with zero attached hydrogens (tertiary/aromatic N) is 4. The number of anilines is 1. The molecular weight excluding hydrogens is 387 g/mol. The van der Waals surface area contributed by atoms with Gasteiger partial charge in [-0.25, -0.2) is 9.07 Å². The molecule has 0 spiro atoms. The first-order valence-electron chi connectivity index (χ1n) is 8.34. The number of aromatic nitrogens is 3. The molecule has 3 heterocycles. The number of rotatable bonds is 4. The van der Waals surface area contributed by atoms with E-state index < -0.39 is 5.82 Å². The van der Waals surface area contributed by atoms with Crippen molar-refractivity contribution in [1.82, 2.24) is 14.8 Å². The minimum atomic E-state index is -0.589. The van der Waals surface area contributed by atoms with Gasteiger partial charge in [0.05, 0.1) is 23.5 Å². The first-order chi connectivity index (χ1) is 13.4. The molecule has 2 aromatic heterocycles. The van der Waals surface area contributed by atoms with Crippen LogP contribution in [0, 0.1) is 5.82 Å². The molecule has 0 fully saturated rings. The van der Waals surface area contributed by atoms with Gasteiger partial charge < -0.3 is 4.74 Å². The topological polar surface area (TPSA) is 77.3 Å². The maximum absolute atomic E-state index is 13.2. The number of fused-ring (bicyclic) bond motifs is 1. The first-order valence-corrected chi connectivity index (χ1v) is 8.72. The molecule has 0 unspecified atom stereocenters. The summed E-state index contributed by atoms with van der Waals surface area (Å²) in [5.41, 5.74) is 1.56. The van der Waals surface area contributed by atoms with Crippen LogP contribution in [0.5, 0.6) is 5.75 Å². The molecule has 3 aromatic rings. The van der Waals surface area contributed by atoms with Crippen LogP contribution in [0.1, 0.15) is 21.6 Å². The van der Waals surface area contributed by atoms with E-state index in [-0.39, 0.29) is 23.1 Å². The first kappa shape index (κ1) is 18.1. The van der Waals surface area contributed by atoms with Crippen LogP contribution >= 0.6 is 11.6 Å². The summed E-state index contributed by atoms with van der Waals surface area (Å²) in [7, 11) is 1.53. The van der Waals surface area contributed by atoms with Gasteiger partial charge in [-0.15, -0.1) is 0 Å². The van der Waals surface area contributed by atoms with Gasteiger partial charge in [-0.1, -0.05) is 11.6 Å². The van der Waals surface area contributed by atoms with E-state index in [0.717, 1.165) is 11.8 Å². The van der Waals surface area contributed by atoms with Crippen LogP contribution < -0.4 is 15.2 Å². The zero-order valence-electron chi connectivity index (χ0n) is 14.7. The van der Waals surface area contributed by atoms with Crippen LogP contribution in [0.4, 0.5) is 10.2 Å². The molecule has 0 radical (unpaired) electrons. The average molecular weight is 401 g/mol. The molecule has 1 amide bonds. The Labute approximate surface area is 164 Å². The van der Waals surface area contributed by atoms with Gasteiger partial charge in [0.1, 0.15) is 12.4 Å². The van der Waals surface area contributed by atoms with E-state index >= 15 is 0 Å². The number of carbonyl (C=O) groups excluding carboxylic acids is 1. The summed E-state index contributed by atoms with van der Waals surface area (Å²) in [5.74, 6) is 0.160. The Hall–Kier alpha value is -3.26. The van der Waals surface area contributed by atoms with E-state index in [1.807, 2.05) is 0 Å². The quantitative estimate of drug-likeness (QED) is 0.673. The van der Waals surface area contributed by atoms with Gasteiger partial charge in [0.25, 0.3) is 11.5 Å². The fourth-order valence-corrected chi connectivity index (χ4v) is 3.07. The van der Waals surface area contributed by atoms with Gasteiger partial charge in [0, 0.05) is 18.7 Å². The average Bonchev–Trinajstić information content (AvgIpc) is 3.01. The Morgan fingerprint density at radius 1 is 1.21 bits per heavy atom. The van der Waals surface area contributed by atoms with Gasteiger partial charge in [0.2, 0.25) is 0 Å². The lowest BCUT2D eigenvalue weighted by atomic mass is 10.1. The number of aryl methyl sites for hydroxylation is 1. The van der Waals surface area contributed by atoms with Gasteiger partial charge in [-0.2, -0.15) is 5.10 Å². The van der Waals surface area contributed by atoms with Crippen LogP contribution in [0.2, 0.25) is 5.02 Å². The second-order valence-electron chi connectivity index (χ2n) is 6.24. The van der Waals surface area contributed by atoms with Gasteiger partial charge in [-0.05, 0) is 35.9 Å². The molecule has 1 aliphatic rings. The minimum Gasteiger partial charge on any atom is -0.487 e. The van der Waals surface area contributed by atoms with Crippen LogP contribution in [0.25, 0.3) is 0 Å². The number of halogens is 2. The minimum absolute atomic E-state index is 0.0199. The molecule has 0 bridgehead atoms. The summed E-state index contributed by atoms with van der Waals surface area (Å²) < 4.78 is 20.0. The van der Waals surface area contributed by atoms with Crippen molar-refractivity contribution in [3.8, 4) is 5.75 Å². The van der Waals surface area contributed by atoms with Crippen molar-refractivity contribution in [2.24, 2.45) is 7.05 Å². The number of amides is 1. The zero-order chi connectivity index (χ0) is 19.8. The number of ether oxygens (including phenoxy) is 1. The van der Waals surface area contributed by atoms with Crippen molar-refractivity contribution in [1.29, 1.82) is 0 Å². The maximum atomic E-state index is 13.2. The molecule has 9 heteroatoms. The van der Waals surface area contributed by atoms with Gasteiger partial charge in [-0.3, -0.25) is 19.5 Å². The third-order valence-electron chi connectivity index (χ3n) is 4.36. The monoisotopic (exact) mass is 400 g/mol. The Kier molecular flexibility index (Phi) is 4.56. The lowest BCUT2D eigenvalue weighted by Crippen LogP contribution is -2.28. The number of hydrogen-bond acceptors (Lipinski definition) is 5. The third kappa shape index (κ3) is 3.34. The Balaban J connectivity index is 1.52. The standard InChI is InChI=1S/C19H14ClFN4O3/c1-24-18(26)5-4-17(23-24)25-9-11-6-13(2-3-14(11)19(25)27)28-10-12-7-15(20)16(21)8-22-12/h2-8H,9-10H2,1H3. The van der Waals surface area contributed by atoms with Crippen molar-refractivity contribution in [2.75, 3.05) is 4.90 Å². The molecular formula is C19H14ClFN4O3. The lowest BCUT2D eigenvalue weighted by Gasteiger charge is -2.14. The van der Waals surface area contributed by atoms with Crippen molar-refractivity contribution < 1.29 is 13.9 Å². The summed E-state index contributed by atoms with van der Waals surface area (Å²) in [6.07, 6.45) is 1.04. The Morgan fingerprint density at radius 3 is 2.79 bits per heavy atom. The van der Waals surface area contributed by atoms with E-state index in [0.29, 0.717) is 29.4 Å². The van der Waals surface area contributed by atoms with E-state index in [9.17, 15) is 14.0 Å². The summed E-state index contributed by atoms with van der Waals surface area (Å²) in [6.45, 7) is 0.427. The molecule has 4 rings (SSSR count). The Morgan fingerprint density at radius 2 is 2.04 bits per heavy atom. The van der Waals surface area contributed by atoms with Crippen LogP contribution in [-0.2, 0) is 20.2 Å². The number of carbonyl (C=O) groups is 1. The maximum Gasteiger partial charge on any atom is 0.266 e. The predicted octanol–water partition coefficient (Wildman–Crippen LogP) is 2.71. The van der Waals surface area contributed by atoms with Crippen molar-refractivity contribution in [2.45, 2.75) is 13.2 Å². The summed E-state index contributed by atoms with van der Waals surface area (Å²) in [4.78, 5) is 29.6. The molecule has 0 saturated carbocycles. The summed E-state index contributed by atoms with van der Waals surface area (Å²) in [5, 5.41) is 4.11. The van der Waals surface area contributed by atoms with E-state index in [4.69, 9.17) is 16.3 Å². The van der Waals surface area contributed by atoms with Crippen LogP contribution in [0.15, 0.2) is 47.4 Å². The highest BCUT2D eigenvalue weighted by molar-refractivity contribution is 6.30. The third-order valence-corrected chi connectivity index (χ3v) is 4.65. The van der Waals surface area contributed by atoms with Crippen LogP contribution in [-0.4, -0.2) is 20.7 Å². The molecule has 0 saturated heterocycles. The highest BCUT2D eigenvalue weighted by Gasteiger charge is 2.30. The fourth-order valence-electron chi connectivity index (χ4n) is 2.90. The van der Waals surface area contributed by atoms with Crippen molar-refractivity contribution in [3.05, 3.63) is 80.6 Å². The zero-order valence-corrected chi connectivity index (χ0v) is 15.5. The van der Waals surface area contributed by atoms with E-state index in [1.165, 1.54) is 34.8 Å². The highest BCUT2D eigenvalue weighted by Crippen LogP contribution is 2.29. The molecule has 0 N–H and O–H groups in total. The molecule has 0 atom stereocenters. The molecule has 1 aliphatic heterocycles. The van der Waals surface area contributed by atoms with Crippen molar-refractivity contribution >= 4 is 23.3 Å². The lowest BCUT2D eigenvalue weighted by molar-refractivity contribution is 0.0995. The second-order valence-corrected chi connectivity index (χ2v) is 6.65. The van der Waals surface area contributed by atoms with Gasteiger partial charge >= 0.3 is 0 Å². The molecule has 0 aliphatic carbocycles. The molecule has 142 valence electrons. The predicted molar refractivity (Wildman–Crippen MR) is 100.0 cm³/mol. The number of hydrogen-bond donors (Lipinski definition) is 0. The molecule has 7 nitrogen and oxygen atoms in total. The largest absolute Gasteiger partial charge is 0.487 e. The highest BCUT2D eigenvalue weighted by atomic mass is 35.5. The number of benzene rings is 1. The van der Waals surface area contributed by atoms with E-state index in [2.05, 4.69) is 10.1 Å². The fraction of sp³-hybridized carbons (Fsp3) is 0.158. The Bertz CT molecular complexity index is 1150. The van der Waals surface area contributed by atoms with E-state index in [1.54, 1.807) is 18.2 Å². The van der Waals surface area contributed by atoms with Gasteiger partial charge in [0.15, 0.2) is 11.6 Å². The molecule has 1 aromatic carbocycles. The SMILES string of the molecule is Cn1nc(N2Cc3cc(OCc4cc(Cl)c(F)cn4)ccc3C2=O)ccc1=O. The molecule has 28 heavy (non-hydrogen) atoms.